The standard InChI is InChI=1S/C29H34BrN3O4S/c1-3-5-19-31-29(35)27(4-2)32(21-23-13-8-6-9-14-23)28(34)22-33(25-16-12-15-24(30)20-25)38(36,37)26-17-10-7-11-18-26/h6-18,20,27H,3-5,19,21-22H2,1-2H3,(H,31,35)/t27-/m0/s1. The lowest BCUT2D eigenvalue weighted by atomic mass is 10.1. The normalized spacial score (nSPS) is 12.0. The van der Waals surface area contributed by atoms with Crippen molar-refractivity contribution in [3.63, 3.8) is 0 Å². The van der Waals surface area contributed by atoms with E-state index in [9.17, 15) is 18.0 Å². The first-order valence-electron chi connectivity index (χ1n) is 12.7. The van der Waals surface area contributed by atoms with Gasteiger partial charge in [-0.2, -0.15) is 0 Å². The summed E-state index contributed by atoms with van der Waals surface area (Å²) in [5, 5.41) is 2.93. The van der Waals surface area contributed by atoms with Gasteiger partial charge >= 0.3 is 0 Å². The number of carbonyl (C=O) groups is 2. The van der Waals surface area contributed by atoms with E-state index in [2.05, 4.69) is 21.2 Å². The van der Waals surface area contributed by atoms with Crippen molar-refractivity contribution in [2.24, 2.45) is 0 Å². The minimum atomic E-state index is -4.08. The number of carbonyl (C=O) groups excluding carboxylic acids is 2. The third kappa shape index (κ3) is 7.68. The number of hydrogen-bond donors (Lipinski definition) is 1. The third-order valence-corrected chi connectivity index (χ3v) is 8.40. The smallest absolute Gasteiger partial charge is 0.264 e. The Hall–Kier alpha value is -3.17. The van der Waals surface area contributed by atoms with Gasteiger partial charge in [0.05, 0.1) is 10.6 Å². The van der Waals surface area contributed by atoms with E-state index in [4.69, 9.17) is 0 Å². The van der Waals surface area contributed by atoms with Crippen LogP contribution in [0, 0.1) is 0 Å². The minimum Gasteiger partial charge on any atom is -0.354 e. The first-order chi connectivity index (χ1) is 18.3. The van der Waals surface area contributed by atoms with E-state index >= 15 is 0 Å². The second-order valence-electron chi connectivity index (χ2n) is 8.88. The van der Waals surface area contributed by atoms with Crippen LogP contribution >= 0.6 is 15.9 Å². The average molecular weight is 601 g/mol. The summed E-state index contributed by atoms with van der Waals surface area (Å²) in [7, 11) is -4.08. The highest BCUT2D eigenvalue weighted by molar-refractivity contribution is 9.10. The van der Waals surface area contributed by atoms with E-state index in [1.54, 1.807) is 42.5 Å². The van der Waals surface area contributed by atoms with Gasteiger partial charge < -0.3 is 10.2 Å². The Balaban J connectivity index is 2.01. The summed E-state index contributed by atoms with van der Waals surface area (Å²) in [6.45, 7) is 4.13. The molecule has 1 atom stereocenters. The maximum absolute atomic E-state index is 14.0. The summed E-state index contributed by atoms with van der Waals surface area (Å²) >= 11 is 3.41. The van der Waals surface area contributed by atoms with E-state index in [1.165, 1.54) is 17.0 Å². The van der Waals surface area contributed by atoms with Crippen molar-refractivity contribution in [1.29, 1.82) is 0 Å². The molecule has 0 aromatic heterocycles. The first kappa shape index (κ1) is 29.4. The maximum Gasteiger partial charge on any atom is 0.264 e. The number of nitrogens with zero attached hydrogens (tertiary/aromatic N) is 2. The number of amides is 2. The summed E-state index contributed by atoms with van der Waals surface area (Å²) in [5.74, 6) is -0.712. The quantitative estimate of drug-likeness (QED) is 0.268. The van der Waals surface area contributed by atoms with E-state index in [0.29, 0.717) is 23.1 Å². The van der Waals surface area contributed by atoms with Gasteiger partial charge in [-0.05, 0) is 48.7 Å². The van der Waals surface area contributed by atoms with Gasteiger partial charge in [0.15, 0.2) is 0 Å². The van der Waals surface area contributed by atoms with Crippen LogP contribution < -0.4 is 9.62 Å². The molecule has 0 bridgehead atoms. The molecule has 0 spiro atoms. The van der Waals surface area contributed by atoms with Crippen LogP contribution in [0.4, 0.5) is 5.69 Å². The number of anilines is 1. The molecule has 0 saturated heterocycles. The van der Waals surface area contributed by atoms with Gasteiger partial charge in [-0.25, -0.2) is 8.42 Å². The van der Waals surface area contributed by atoms with E-state index in [1.807, 2.05) is 44.2 Å². The van der Waals surface area contributed by atoms with Gasteiger partial charge in [-0.1, -0.05) is 90.8 Å². The SMILES string of the molecule is CCCCNC(=O)[C@H](CC)N(Cc1ccccc1)C(=O)CN(c1cccc(Br)c1)S(=O)(=O)c1ccccc1. The van der Waals surface area contributed by atoms with Crippen LogP contribution in [0.1, 0.15) is 38.7 Å². The van der Waals surface area contributed by atoms with Crippen molar-refractivity contribution >= 4 is 43.5 Å². The zero-order valence-corrected chi connectivity index (χ0v) is 24.1. The van der Waals surface area contributed by atoms with Gasteiger partial charge in [-0.15, -0.1) is 0 Å². The fourth-order valence-electron chi connectivity index (χ4n) is 4.09. The van der Waals surface area contributed by atoms with Crippen LogP contribution in [0.3, 0.4) is 0 Å². The highest BCUT2D eigenvalue weighted by atomic mass is 79.9. The fourth-order valence-corrected chi connectivity index (χ4v) is 5.90. The Morgan fingerprint density at radius 2 is 1.58 bits per heavy atom. The minimum absolute atomic E-state index is 0.0757. The van der Waals surface area contributed by atoms with Crippen LogP contribution in [-0.4, -0.2) is 44.3 Å². The van der Waals surface area contributed by atoms with Crippen LogP contribution in [0.15, 0.2) is 94.3 Å². The first-order valence-corrected chi connectivity index (χ1v) is 15.0. The Bertz CT molecular complexity index is 1300. The van der Waals surface area contributed by atoms with Crippen molar-refractivity contribution in [2.45, 2.75) is 50.6 Å². The number of rotatable bonds is 13. The summed E-state index contributed by atoms with van der Waals surface area (Å²) in [5.41, 5.74) is 1.19. The Morgan fingerprint density at radius 3 is 2.18 bits per heavy atom. The summed E-state index contributed by atoms with van der Waals surface area (Å²) < 4.78 is 29.3. The molecule has 7 nitrogen and oxygen atoms in total. The number of benzene rings is 3. The summed E-state index contributed by atoms with van der Waals surface area (Å²) in [6, 6.07) is 23.5. The molecule has 38 heavy (non-hydrogen) atoms. The number of unbranched alkanes of at least 4 members (excludes halogenated alkanes) is 1. The number of halogens is 1. The number of hydrogen-bond acceptors (Lipinski definition) is 4. The molecule has 0 unspecified atom stereocenters. The predicted octanol–water partition coefficient (Wildman–Crippen LogP) is 5.37. The molecule has 0 aliphatic carbocycles. The Kier molecular flexibility index (Phi) is 10.9. The Morgan fingerprint density at radius 1 is 0.921 bits per heavy atom. The van der Waals surface area contributed by atoms with Crippen molar-refractivity contribution in [3.8, 4) is 0 Å². The molecule has 3 rings (SSSR count). The molecule has 0 aliphatic rings. The van der Waals surface area contributed by atoms with Crippen LogP contribution in [0.2, 0.25) is 0 Å². The second kappa shape index (κ2) is 14.1. The fraction of sp³-hybridized carbons (Fsp3) is 0.310. The maximum atomic E-state index is 14.0. The number of sulfonamides is 1. The highest BCUT2D eigenvalue weighted by Gasteiger charge is 2.33. The third-order valence-electron chi connectivity index (χ3n) is 6.12. The van der Waals surface area contributed by atoms with Gasteiger partial charge in [0, 0.05) is 17.6 Å². The highest BCUT2D eigenvalue weighted by Crippen LogP contribution is 2.27. The van der Waals surface area contributed by atoms with Crippen molar-refractivity contribution in [3.05, 3.63) is 95.0 Å². The van der Waals surface area contributed by atoms with Crippen molar-refractivity contribution < 1.29 is 18.0 Å². The summed E-state index contributed by atoms with van der Waals surface area (Å²) in [4.78, 5) is 28.7. The molecule has 2 amide bonds. The van der Waals surface area contributed by atoms with Gasteiger partial charge in [0.2, 0.25) is 11.8 Å². The van der Waals surface area contributed by atoms with Gasteiger partial charge in [-0.3, -0.25) is 13.9 Å². The lowest BCUT2D eigenvalue weighted by Crippen LogP contribution is -2.52. The van der Waals surface area contributed by atoms with Crippen LogP contribution in [-0.2, 0) is 26.2 Å². The average Bonchev–Trinajstić information content (AvgIpc) is 2.92. The number of nitrogens with one attached hydrogen (secondary N) is 1. The second-order valence-corrected chi connectivity index (χ2v) is 11.7. The lowest BCUT2D eigenvalue weighted by molar-refractivity contribution is -0.140. The topological polar surface area (TPSA) is 86.8 Å². The zero-order chi connectivity index (χ0) is 27.5. The lowest BCUT2D eigenvalue weighted by Gasteiger charge is -2.33. The van der Waals surface area contributed by atoms with Gasteiger partial charge in [0.1, 0.15) is 12.6 Å². The largest absolute Gasteiger partial charge is 0.354 e. The molecule has 0 heterocycles. The van der Waals surface area contributed by atoms with Crippen molar-refractivity contribution in [1.82, 2.24) is 10.2 Å². The van der Waals surface area contributed by atoms with Crippen LogP contribution in [0.25, 0.3) is 0 Å². The molecule has 202 valence electrons. The summed E-state index contributed by atoms with van der Waals surface area (Å²) in [6.07, 6.45) is 2.16. The van der Waals surface area contributed by atoms with E-state index in [-0.39, 0.29) is 17.3 Å². The van der Waals surface area contributed by atoms with E-state index < -0.39 is 28.5 Å². The zero-order valence-electron chi connectivity index (χ0n) is 21.7. The molecule has 3 aromatic rings. The van der Waals surface area contributed by atoms with Crippen molar-refractivity contribution in [2.75, 3.05) is 17.4 Å². The van der Waals surface area contributed by atoms with Crippen LogP contribution in [0.5, 0.6) is 0 Å². The predicted molar refractivity (Wildman–Crippen MR) is 154 cm³/mol. The van der Waals surface area contributed by atoms with Gasteiger partial charge in [0.25, 0.3) is 10.0 Å². The molecule has 1 N–H and O–H groups in total. The Labute approximate surface area is 234 Å². The molecule has 9 heteroatoms. The molecule has 3 aromatic carbocycles. The molecule has 0 fully saturated rings. The molecule has 0 saturated carbocycles. The van der Waals surface area contributed by atoms with E-state index in [0.717, 1.165) is 22.7 Å². The molecule has 0 aliphatic heterocycles. The molecular weight excluding hydrogens is 566 g/mol. The molecular formula is C29H34BrN3O4S. The molecule has 0 radical (unpaired) electrons. The monoisotopic (exact) mass is 599 g/mol.